The van der Waals surface area contributed by atoms with E-state index in [4.69, 9.17) is 16.9 Å². The molecule has 1 aromatic carbocycles. The van der Waals surface area contributed by atoms with Gasteiger partial charge in [0.25, 0.3) is 0 Å². The number of carbonyl (C=O) groups excluding carboxylic acids is 1. The molecule has 0 saturated heterocycles. The largest absolute Gasteiger partial charge is 0.325 e. The number of aromatic nitrogens is 1. The Bertz CT molecular complexity index is 728. The minimum absolute atomic E-state index is 0.119. The lowest BCUT2D eigenvalue weighted by Crippen LogP contribution is -2.12. The summed E-state index contributed by atoms with van der Waals surface area (Å²) in [5.74, 6) is 0.424. The molecule has 0 atom stereocenters. The van der Waals surface area contributed by atoms with Crippen molar-refractivity contribution in [3.63, 3.8) is 0 Å². The molecular formula is C16H14ClN3OS. The fourth-order valence-electron chi connectivity index (χ4n) is 1.74. The number of amides is 1. The number of halogens is 1. The van der Waals surface area contributed by atoms with E-state index < -0.39 is 0 Å². The van der Waals surface area contributed by atoms with E-state index in [-0.39, 0.29) is 5.91 Å². The second-order valence-corrected chi connectivity index (χ2v) is 6.03. The van der Waals surface area contributed by atoms with Gasteiger partial charge in [-0.15, -0.1) is 11.8 Å². The molecule has 1 heterocycles. The SMILES string of the molecule is Cc1ccc(C#N)c(SCCC(=O)Nc2ccccc2Cl)n1. The van der Waals surface area contributed by atoms with Crippen LogP contribution in [0, 0.1) is 18.3 Å². The molecule has 0 aliphatic heterocycles. The number of hydrogen-bond donors (Lipinski definition) is 1. The highest BCUT2D eigenvalue weighted by molar-refractivity contribution is 7.99. The highest BCUT2D eigenvalue weighted by Gasteiger charge is 2.08. The van der Waals surface area contributed by atoms with Gasteiger partial charge in [-0.2, -0.15) is 5.26 Å². The van der Waals surface area contributed by atoms with Crippen molar-refractivity contribution in [3.05, 3.63) is 52.7 Å². The molecule has 0 radical (unpaired) electrons. The Labute approximate surface area is 138 Å². The van der Waals surface area contributed by atoms with Crippen LogP contribution in [0.5, 0.6) is 0 Å². The number of nitriles is 1. The number of nitrogens with zero attached hydrogens (tertiary/aromatic N) is 2. The van der Waals surface area contributed by atoms with Crippen LogP contribution in [0.15, 0.2) is 41.4 Å². The Morgan fingerprint density at radius 2 is 2.14 bits per heavy atom. The minimum Gasteiger partial charge on any atom is -0.325 e. The van der Waals surface area contributed by atoms with E-state index in [1.807, 2.05) is 13.0 Å². The van der Waals surface area contributed by atoms with Crippen LogP contribution in [0.4, 0.5) is 5.69 Å². The highest BCUT2D eigenvalue weighted by Crippen LogP contribution is 2.23. The summed E-state index contributed by atoms with van der Waals surface area (Å²) in [5, 5.41) is 13.0. The summed E-state index contributed by atoms with van der Waals surface area (Å²) < 4.78 is 0. The van der Waals surface area contributed by atoms with Crippen molar-refractivity contribution < 1.29 is 4.79 Å². The van der Waals surface area contributed by atoms with E-state index >= 15 is 0 Å². The van der Waals surface area contributed by atoms with Gasteiger partial charge in [0, 0.05) is 17.9 Å². The van der Waals surface area contributed by atoms with Crippen molar-refractivity contribution >= 4 is 35.0 Å². The first-order valence-electron chi connectivity index (χ1n) is 6.65. The molecule has 112 valence electrons. The summed E-state index contributed by atoms with van der Waals surface area (Å²) in [6.45, 7) is 1.87. The molecule has 0 aliphatic rings. The topological polar surface area (TPSA) is 65.8 Å². The molecule has 22 heavy (non-hydrogen) atoms. The summed E-state index contributed by atoms with van der Waals surface area (Å²) in [7, 11) is 0. The predicted octanol–water partition coefficient (Wildman–Crippen LogP) is 4.04. The Hall–Kier alpha value is -2.03. The Balaban J connectivity index is 1.89. The van der Waals surface area contributed by atoms with Gasteiger partial charge in [0.1, 0.15) is 11.1 Å². The average Bonchev–Trinajstić information content (AvgIpc) is 2.50. The van der Waals surface area contributed by atoms with E-state index in [9.17, 15) is 4.79 Å². The first kappa shape index (κ1) is 16.3. The van der Waals surface area contributed by atoms with Crippen LogP contribution in [0.25, 0.3) is 0 Å². The second-order valence-electron chi connectivity index (χ2n) is 4.54. The monoisotopic (exact) mass is 331 g/mol. The van der Waals surface area contributed by atoms with Crippen LogP contribution in [0.3, 0.4) is 0 Å². The fraction of sp³-hybridized carbons (Fsp3) is 0.188. The molecule has 0 unspecified atom stereocenters. The summed E-state index contributed by atoms with van der Waals surface area (Å²) in [6.07, 6.45) is 0.316. The van der Waals surface area contributed by atoms with Gasteiger partial charge in [-0.1, -0.05) is 23.7 Å². The zero-order chi connectivity index (χ0) is 15.9. The number of rotatable bonds is 5. The van der Waals surface area contributed by atoms with Crippen LogP contribution in [0.1, 0.15) is 17.7 Å². The first-order chi connectivity index (χ1) is 10.6. The number of carbonyl (C=O) groups is 1. The summed E-state index contributed by atoms with van der Waals surface area (Å²) in [4.78, 5) is 16.2. The van der Waals surface area contributed by atoms with Crippen molar-refractivity contribution in [3.8, 4) is 6.07 Å². The van der Waals surface area contributed by atoms with E-state index in [0.717, 1.165) is 5.69 Å². The quantitative estimate of drug-likeness (QED) is 0.840. The summed E-state index contributed by atoms with van der Waals surface area (Å²) in [5.41, 5.74) is 1.98. The van der Waals surface area contributed by atoms with Gasteiger partial charge >= 0.3 is 0 Å². The molecule has 0 bridgehead atoms. The van der Waals surface area contributed by atoms with E-state index in [0.29, 0.717) is 33.5 Å². The van der Waals surface area contributed by atoms with Crippen molar-refractivity contribution in [2.45, 2.75) is 18.4 Å². The van der Waals surface area contributed by atoms with Crippen molar-refractivity contribution in [2.75, 3.05) is 11.1 Å². The third-order valence-corrected chi connectivity index (χ3v) is 4.16. The molecule has 1 N–H and O–H groups in total. The van der Waals surface area contributed by atoms with Gasteiger partial charge in [-0.05, 0) is 31.2 Å². The first-order valence-corrected chi connectivity index (χ1v) is 8.01. The second kappa shape index (κ2) is 7.83. The number of aryl methyl sites for hydroxylation is 1. The van der Waals surface area contributed by atoms with Crippen molar-refractivity contribution in [1.82, 2.24) is 4.98 Å². The van der Waals surface area contributed by atoms with E-state index in [1.54, 1.807) is 30.3 Å². The van der Waals surface area contributed by atoms with Gasteiger partial charge in [0.2, 0.25) is 5.91 Å². The van der Waals surface area contributed by atoms with Gasteiger partial charge in [0.05, 0.1) is 16.3 Å². The van der Waals surface area contributed by atoms with Crippen molar-refractivity contribution in [1.29, 1.82) is 5.26 Å². The number of para-hydroxylation sites is 1. The lowest BCUT2D eigenvalue weighted by atomic mass is 10.3. The summed E-state index contributed by atoms with van der Waals surface area (Å²) in [6, 6.07) is 12.7. The zero-order valence-corrected chi connectivity index (χ0v) is 13.5. The van der Waals surface area contributed by atoms with E-state index in [1.165, 1.54) is 11.8 Å². The van der Waals surface area contributed by atoms with Crippen LogP contribution in [0.2, 0.25) is 5.02 Å². The van der Waals surface area contributed by atoms with Crippen LogP contribution in [-0.2, 0) is 4.79 Å². The Kier molecular flexibility index (Phi) is 5.82. The Morgan fingerprint density at radius 3 is 2.86 bits per heavy atom. The molecule has 0 fully saturated rings. The van der Waals surface area contributed by atoms with Crippen LogP contribution in [-0.4, -0.2) is 16.6 Å². The molecule has 1 aromatic heterocycles. The third-order valence-electron chi connectivity index (χ3n) is 2.84. The molecular weight excluding hydrogens is 318 g/mol. The fourth-order valence-corrected chi connectivity index (χ4v) is 2.89. The van der Waals surface area contributed by atoms with E-state index in [2.05, 4.69) is 16.4 Å². The lowest BCUT2D eigenvalue weighted by Gasteiger charge is -2.07. The Morgan fingerprint density at radius 1 is 1.36 bits per heavy atom. The normalized spacial score (nSPS) is 10.0. The summed E-state index contributed by atoms with van der Waals surface area (Å²) >= 11 is 7.39. The lowest BCUT2D eigenvalue weighted by molar-refractivity contribution is -0.115. The number of hydrogen-bond acceptors (Lipinski definition) is 4. The van der Waals surface area contributed by atoms with Gasteiger partial charge in [-0.3, -0.25) is 4.79 Å². The van der Waals surface area contributed by atoms with Crippen LogP contribution >= 0.6 is 23.4 Å². The molecule has 2 rings (SSSR count). The number of nitrogens with one attached hydrogen (secondary N) is 1. The maximum absolute atomic E-state index is 11.9. The molecule has 2 aromatic rings. The number of anilines is 1. The predicted molar refractivity (Wildman–Crippen MR) is 89.1 cm³/mol. The standard InChI is InChI=1S/C16H14ClN3OS/c1-11-6-7-12(10-18)16(19-11)22-9-8-15(21)20-14-5-3-2-4-13(14)17/h2-7H,8-9H2,1H3,(H,20,21). The zero-order valence-electron chi connectivity index (χ0n) is 12.0. The molecule has 0 aliphatic carbocycles. The number of thioether (sulfide) groups is 1. The third kappa shape index (κ3) is 4.48. The van der Waals surface area contributed by atoms with Crippen molar-refractivity contribution in [2.24, 2.45) is 0 Å². The average molecular weight is 332 g/mol. The molecule has 0 spiro atoms. The molecule has 1 amide bonds. The maximum atomic E-state index is 11.9. The highest BCUT2D eigenvalue weighted by atomic mass is 35.5. The number of benzene rings is 1. The maximum Gasteiger partial charge on any atom is 0.225 e. The molecule has 0 saturated carbocycles. The van der Waals surface area contributed by atoms with Gasteiger partial charge in [0.15, 0.2) is 0 Å². The number of pyridine rings is 1. The molecule has 4 nitrogen and oxygen atoms in total. The van der Waals surface area contributed by atoms with Gasteiger partial charge in [-0.25, -0.2) is 4.98 Å². The smallest absolute Gasteiger partial charge is 0.225 e. The minimum atomic E-state index is -0.119. The molecule has 6 heteroatoms. The van der Waals surface area contributed by atoms with Crippen LogP contribution < -0.4 is 5.32 Å². The van der Waals surface area contributed by atoms with Gasteiger partial charge < -0.3 is 5.32 Å².